The predicted molar refractivity (Wildman–Crippen MR) is 76.8 cm³/mol. The average Bonchev–Trinajstić information content (AvgIpc) is 2.60. The van der Waals surface area contributed by atoms with Crippen LogP contribution in [0.1, 0.15) is 70.6 Å². The van der Waals surface area contributed by atoms with Crippen LogP contribution >= 0.6 is 0 Å². The van der Waals surface area contributed by atoms with Gasteiger partial charge in [0.25, 0.3) is 0 Å². The fourth-order valence-electron chi connectivity index (χ4n) is 4.39. The van der Waals surface area contributed by atoms with Crippen molar-refractivity contribution < 1.29 is 0 Å². The van der Waals surface area contributed by atoms with Crippen molar-refractivity contribution in [1.82, 2.24) is 10.6 Å². The molecule has 18 heavy (non-hydrogen) atoms. The highest BCUT2D eigenvalue weighted by atomic mass is 15.0. The summed E-state index contributed by atoms with van der Waals surface area (Å²) in [5.41, 5.74) is 0. The van der Waals surface area contributed by atoms with E-state index in [1.54, 1.807) is 0 Å². The zero-order valence-corrected chi connectivity index (χ0v) is 11.8. The molecular weight excluding hydrogens is 220 g/mol. The van der Waals surface area contributed by atoms with Gasteiger partial charge in [0, 0.05) is 18.1 Å². The Balaban J connectivity index is 1.34. The average molecular weight is 250 g/mol. The molecule has 1 aliphatic carbocycles. The maximum atomic E-state index is 3.84. The molecule has 2 unspecified atom stereocenters. The maximum absolute atomic E-state index is 3.84. The van der Waals surface area contributed by atoms with Crippen LogP contribution in [0.2, 0.25) is 0 Å². The highest BCUT2D eigenvalue weighted by Crippen LogP contribution is 2.32. The van der Waals surface area contributed by atoms with Crippen molar-refractivity contribution in [2.75, 3.05) is 6.54 Å². The molecule has 2 heterocycles. The number of rotatable bonds is 4. The van der Waals surface area contributed by atoms with Gasteiger partial charge in [0.1, 0.15) is 0 Å². The second kappa shape index (κ2) is 6.38. The van der Waals surface area contributed by atoms with Crippen LogP contribution < -0.4 is 10.6 Å². The van der Waals surface area contributed by atoms with Gasteiger partial charge in [0.2, 0.25) is 0 Å². The number of piperidine rings is 1. The molecule has 2 atom stereocenters. The van der Waals surface area contributed by atoms with Gasteiger partial charge < -0.3 is 10.6 Å². The maximum Gasteiger partial charge on any atom is 0.00728 e. The summed E-state index contributed by atoms with van der Waals surface area (Å²) in [5, 5.41) is 7.59. The summed E-state index contributed by atoms with van der Waals surface area (Å²) in [4.78, 5) is 0. The highest BCUT2D eigenvalue weighted by Gasteiger charge is 2.32. The Hall–Kier alpha value is -0.0800. The smallest absolute Gasteiger partial charge is 0.00728 e. The first-order chi connectivity index (χ1) is 8.90. The van der Waals surface area contributed by atoms with Crippen LogP contribution in [-0.2, 0) is 0 Å². The van der Waals surface area contributed by atoms with E-state index in [2.05, 4.69) is 10.6 Å². The first-order valence-electron chi connectivity index (χ1n) is 8.39. The van der Waals surface area contributed by atoms with E-state index in [4.69, 9.17) is 0 Å². The lowest BCUT2D eigenvalue weighted by molar-refractivity contribution is 0.278. The Bertz CT molecular complexity index is 233. The van der Waals surface area contributed by atoms with Gasteiger partial charge in [-0.15, -0.1) is 0 Å². The third-order valence-electron chi connectivity index (χ3n) is 5.41. The van der Waals surface area contributed by atoms with Gasteiger partial charge in [-0.3, -0.25) is 0 Å². The van der Waals surface area contributed by atoms with Gasteiger partial charge >= 0.3 is 0 Å². The van der Waals surface area contributed by atoms with Crippen molar-refractivity contribution in [1.29, 1.82) is 0 Å². The van der Waals surface area contributed by atoms with E-state index >= 15 is 0 Å². The van der Waals surface area contributed by atoms with Gasteiger partial charge in [-0.2, -0.15) is 0 Å². The Morgan fingerprint density at radius 2 is 1.50 bits per heavy atom. The number of nitrogens with one attached hydrogen (secondary N) is 2. The molecule has 104 valence electrons. The van der Waals surface area contributed by atoms with Crippen molar-refractivity contribution in [3.05, 3.63) is 0 Å². The molecule has 2 N–H and O–H groups in total. The molecular formula is C16H30N2. The van der Waals surface area contributed by atoms with Crippen molar-refractivity contribution >= 4 is 0 Å². The molecule has 2 heteroatoms. The second-order valence-corrected chi connectivity index (χ2v) is 6.91. The molecule has 0 aromatic carbocycles. The lowest BCUT2D eigenvalue weighted by Gasteiger charge is -2.29. The summed E-state index contributed by atoms with van der Waals surface area (Å²) in [6.45, 7) is 1.27. The van der Waals surface area contributed by atoms with E-state index in [0.29, 0.717) is 0 Å². The summed E-state index contributed by atoms with van der Waals surface area (Å²) in [5.74, 6) is 1.00. The molecule has 0 aromatic rings. The molecule has 0 spiro atoms. The van der Waals surface area contributed by atoms with E-state index in [1.807, 2.05) is 0 Å². The van der Waals surface area contributed by atoms with E-state index in [1.165, 1.54) is 77.2 Å². The minimum Gasteiger partial charge on any atom is -0.314 e. The van der Waals surface area contributed by atoms with Crippen molar-refractivity contribution in [2.45, 2.75) is 88.8 Å². The molecule has 1 saturated carbocycles. The monoisotopic (exact) mass is 250 g/mol. The second-order valence-electron chi connectivity index (χ2n) is 6.91. The van der Waals surface area contributed by atoms with Crippen molar-refractivity contribution in [2.24, 2.45) is 5.92 Å². The van der Waals surface area contributed by atoms with Crippen LogP contribution in [0.15, 0.2) is 0 Å². The minimum absolute atomic E-state index is 0.839. The Morgan fingerprint density at radius 3 is 2.17 bits per heavy atom. The number of hydrogen-bond donors (Lipinski definition) is 2. The van der Waals surface area contributed by atoms with E-state index in [0.717, 1.165) is 24.0 Å². The van der Waals surface area contributed by atoms with Gasteiger partial charge in [0.15, 0.2) is 0 Å². The fourth-order valence-corrected chi connectivity index (χ4v) is 4.39. The predicted octanol–water partition coefficient (Wildman–Crippen LogP) is 3.22. The lowest BCUT2D eigenvalue weighted by Crippen LogP contribution is -2.39. The summed E-state index contributed by atoms with van der Waals surface area (Å²) in [6, 6.07) is 2.57. The van der Waals surface area contributed by atoms with Gasteiger partial charge in [-0.1, -0.05) is 25.7 Å². The Morgan fingerprint density at radius 1 is 0.833 bits per heavy atom. The summed E-state index contributed by atoms with van der Waals surface area (Å²) >= 11 is 0. The molecule has 2 nitrogen and oxygen atoms in total. The quantitative estimate of drug-likeness (QED) is 0.749. The molecule has 2 aliphatic heterocycles. The first kappa shape index (κ1) is 12.9. The van der Waals surface area contributed by atoms with Crippen LogP contribution in [-0.4, -0.2) is 24.7 Å². The number of hydrogen-bond acceptors (Lipinski definition) is 2. The van der Waals surface area contributed by atoms with Crippen LogP contribution in [0, 0.1) is 5.92 Å². The van der Waals surface area contributed by atoms with Gasteiger partial charge in [-0.05, 0) is 57.4 Å². The topological polar surface area (TPSA) is 24.1 Å². The third-order valence-corrected chi connectivity index (χ3v) is 5.41. The van der Waals surface area contributed by atoms with Crippen LogP contribution in [0.5, 0.6) is 0 Å². The SMILES string of the molecule is C1CCCC(NCCC2CC3CCC(C2)N3)CC1. The summed E-state index contributed by atoms with van der Waals surface area (Å²) in [6.07, 6.45) is 15.9. The molecule has 0 aromatic heterocycles. The molecule has 2 bridgehead atoms. The van der Waals surface area contributed by atoms with E-state index < -0.39 is 0 Å². The molecule has 2 saturated heterocycles. The van der Waals surface area contributed by atoms with Crippen molar-refractivity contribution in [3.63, 3.8) is 0 Å². The first-order valence-corrected chi connectivity index (χ1v) is 8.39. The fraction of sp³-hybridized carbons (Fsp3) is 1.00. The van der Waals surface area contributed by atoms with Crippen LogP contribution in [0.3, 0.4) is 0 Å². The zero-order valence-electron chi connectivity index (χ0n) is 11.8. The molecule has 3 rings (SSSR count). The van der Waals surface area contributed by atoms with Crippen LogP contribution in [0.4, 0.5) is 0 Å². The molecule has 3 fully saturated rings. The summed E-state index contributed by atoms with van der Waals surface area (Å²) < 4.78 is 0. The number of fused-ring (bicyclic) bond motifs is 2. The van der Waals surface area contributed by atoms with Crippen LogP contribution in [0.25, 0.3) is 0 Å². The largest absolute Gasteiger partial charge is 0.314 e. The lowest BCUT2D eigenvalue weighted by atomic mass is 9.89. The standard InChI is InChI=1S/C16H30N2/c1-2-4-6-14(5-3-1)17-10-9-13-11-15-7-8-16(12-13)18-15/h13-18H,1-12H2. The van der Waals surface area contributed by atoms with Crippen molar-refractivity contribution in [3.8, 4) is 0 Å². The Labute approximate surface area is 112 Å². The molecule has 0 radical (unpaired) electrons. The van der Waals surface area contributed by atoms with Gasteiger partial charge in [-0.25, -0.2) is 0 Å². The minimum atomic E-state index is 0.839. The highest BCUT2D eigenvalue weighted by molar-refractivity contribution is 4.92. The van der Waals surface area contributed by atoms with Gasteiger partial charge in [0.05, 0.1) is 0 Å². The van der Waals surface area contributed by atoms with E-state index in [9.17, 15) is 0 Å². The normalized spacial score (nSPS) is 37.7. The molecule has 0 amide bonds. The zero-order chi connectivity index (χ0) is 12.2. The third kappa shape index (κ3) is 3.48. The molecule has 3 aliphatic rings. The van der Waals surface area contributed by atoms with E-state index in [-0.39, 0.29) is 0 Å². The Kier molecular flexibility index (Phi) is 4.58. The summed E-state index contributed by atoms with van der Waals surface area (Å²) in [7, 11) is 0.